The van der Waals surface area contributed by atoms with Crippen LogP contribution in [0.1, 0.15) is 11.1 Å². The summed E-state index contributed by atoms with van der Waals surface area (Å²) in [4.78, 5) is 3.18. The lowest BCUT2D eigenvalue weighted by Crippen LogP contribution is -2.31. The van der Waals surface area contributed by atoms with Crippen LogP contribution in [0.25, 0.3) is 0 Å². The Morgan fingerprint density at radius 1 is 0.895 bits per heavy atom. The summed E-state index contributed by atoms with van der Waals surface area (Å²) >= 11 is 1.01. The standard InChI is InChI=1S/C26H23F3N2O5S2/c1-34-19-8-7-18(23(13-19)35-2)16-31(26-30-10-12-37-26)38(32,33)25-15-21(28)24(14-22(25)29)36-11-9-17-5-3-4-6-20(17)27/h3-8,10,12-15H,9,11,16H2,1-2H3. The second-order valence-corrected chi connectivity index (χ2v) is 10.6. The fraction of sp³-hybridized carbons (Fsp3) is 0.192. The summed E-state index contributed by atoms with van der Waals surface area (Å²) in [5.74, 6) is -2.40. The second kappa shape index (κ2) is 11.7. The SMILES string of the molecule is COc1ccc(CN(c2nccs2)S(=O)(=O)c2cc(F)c(OCCc3ccccc3F)cc2F)c(OC)c1. The molecule has 12 heteroatoms. The molecule has 200 valence electrons. The summed E-state index contributed by atoms with van der Waals surface area (Å²) in [6.45, 7) is -0.420. The van der Waals surface area contributed by atoms with Crippen molar-refractivity contribution in [1.82, 2.24) is 4.98 Å². The number of rotatable bonds is 11. The molecule has 1 aromatic heterocycles. The van der Waals surface area contributed by atoms with E-state index in [0.717, 1.165) is 15.6 Å². The summed E-state index contributed by atoms with van der Waals surface area (Å²) in [5, 5.41) is 1.61. The van der Waals surface area contributed by atoms with Crippen molar-refractivity contribution in [1.29, 1.82) is 0 Å². The number of anilines is 1. The highest BCUT2D eigenvalue weighted by Gasteiger charge is 2.32. The monoisotopic (exact) mass is 564 g/mol. The summed E-state index contributed by atoms with van der Waals surface area (Å²) in [6.07, 6.45) is 1.51. The molecule has 0 radical (unpaired) electrons. The fourth-order valence-electron chi connectivity index (χ4n) is 3.64. The number of methoxy groups -OCH3 is 2. The van der Waals surface area contributed by atoms with Crippen LogP contribution >= 0.6 is 11.3 Å². The number of aromatic nitrogens is 1. The Morgan fingerprint density at radius 2 is 1.68 bits per heavy atom. The molecule has 0 saturated carbocycles. The van der Waals surface area contributed by atoms with Crippen molar-refractivity contribution in [3.63, 3.8) is 0 Å². The van der Waals surface area contributed by atoms with Gasteiger partial charge in [-0.3, -0.25) is 0 Å². The first-order valence-corrected chi connectivity index (χ1v) is 13.5. The summed E-state index contributed by atoms with van der Waals surface area (Å²) < 4.78 is 87.8. The molecular formula is C26H23F3N2O5S2. The number of nitrogens with zero attached hydrogens (tertiary/aromatic N) is 2. The zero-order chi connectivity index (χ0) is 27.3. The van der Waals surface area contributed by atoms with Crippen molar-refractivity contribution in [2.24, 2.45) is 0 Å². The fourth-order valence-corrected chi connectivity index (χ4v) is 5.97. The zero-order valence-electron chi connectivity index (χ0n) is 20.4. The minimum Gasteiger partial charge on any atom is -0.497 e. The third kappa shape index (κ3) is 5.86. The maximum absolute atomic E-state index is 15.2. The quantitative estimate of drug-likeness (QED) is 0.236. The highest BCUT2D eigenvalue weighted by atomic mass is 32.2. The van der Waals surface area contributed by atoms with Crippen LogP contribution in [0.3, 0.4) is 0 Å². The number of thiazole rings is 1. The van der Waals surface area contributed by atoms with Gasteiger partial charge in [-0.25, -0.2) is 30.9 Å². The summed E-state index contributed by atoms with van der Waals surface area (Å²) in [6, 6.07) is 12.1. The normalized spacial score (nSPS) is 11.3. The van der Waals surface area contributed by atoms with Gasteiger partial charge in [0.2, 0.25) is 0 Å². The first kappa shape index (κ1) is 27.3. The van der Waals surface area contributed by atoms with Gasteiger partial charge in [0.25, 0.3) is 10.0 Å². The van der Waals surface area contributed by atoms with E-state index in [0.29, 0.717) is 34.8 Å². The number of sulfonamides is 1. The molecule has 0 aliphatic heterocycles. The second-order valence-electron chi connectivity index (χ2n) is 7.91. The Bertz CT molecular complexity index is 1520. The van der Waals surface area contributed by atoms with Crippen LogP contribution < -0.4 is 18.5 Å². The van der Waals surface area contributed by atoms with Crippen LogP contribution in [0.15, 0.2) is 71.1 Å². The van der Waals surface area contributed by atoms with Gasteiger partial charge in [0.05, 0.1) is 27.4 Å². The van der Waals surface area contributed by atoms with Crippen molar-refractivity contribution in [2.75, 3.05) is 25.1 Å². The molecule has 0 N–H and O–H groups in total. The highest BCUT2D eigenvalue weighted by molar-refractivity contribution is 7.93. The summed E-state index contributed by atoms with van der Waals surface area (Å²) in [5.41, 5.74) is 0.793. The van der Waals surface area contributed by atoms with Gasteiger partial charge in [-0.15, -0.1) is 11.3 Å². The number of benzene rings is 3. The van der Waals surface area contributed by atoms with E-state index in [-0.39, 0.29) is 24.7 Å². The van der Waals surface area contributed by atoms with Gasteiger partial charge >= 0.3 is 0 Å². The predicted octanol–water partition coefficient (Wildman–Crippen LogP) is 5.59. The van der Waals surface area contributed by atoms with Gasteiger partial charge in [-0.05, 0) is 23.8 Å². The number of ether oxygens (including phenoxy) is 3. The van der Waals surface area contributed by atoms with E-state index in [2.05, 4.69) is 4.98 Å². The van der Waals surface area contributed by atoms with Crippen molar-refractivity contribution in [2.45, 2.75) is 17.9 Å². The van der Waals surface area contributed by atoms with Crippen molar-refractivity contribution < 1.29 is 35.8 Å². The summed E-state index contributed by atoms with van der Waals surface area (Å²) in [7, 11) is -1.73. The molecule has 0 saturated heterocycles. The molecule has 0 amide bonds. The van der Waals surface area contributed by atoms with E-state index in [9.17, 15) is 17.2 Å². The largest absolute Gasteiger partial charge is 0.497 e. The van der Waals surface area contributed by atoms with Gasteiger partial charge in [0.1, 0.15) is 28.0 Å². The lowest BCUT2D eigenvalue weighted by atomic mass is 10.1. The molecule has 4 rings (SSSR count). The van der Waals surface area contributed by atoms with E-state index >= 15 is 4.39 Å². The van der Waals surface area contributed by atoms with Crippen LogP contribution in [0.4, 0.5) is 18.3 Å². The number of halogens is 3. The maximum Gasteiger partial charge on any atom is 0.269 e. The zero-order valence-corrected chi connectivity index (χ0v) is 22.0. The molecule has 3 aromatic carbocycles. The molecule has 38 heavy (non-hydrogen) atoms. The van der Waals surface area contributed by atoms with Crippen LogP contribution in [0.2, 0.25) is 0 Å². The average Bonchev–Trinajstić information content (AvgIpc) is 3.44. The third-order valence-electron chi connectivity index (χ3n) is 5.58. The highest BCUT2D eigenvalue weighted by Crippen LogP contribution is 2.34. The number of hydrogen-bond acceptors (Lipinski definition) is 7. The van der Waals surface area contributed by atoms with Gasteiger partial charge in [0.15, 0.2) is 16.7 Å². The van der Waals surface area contributed by atoms with Crippen molar-refractivity contribution in [3.05, 3.63) is 94.8 Å². The molecule has 0 spiro atoms. The molecule has 0 fully saturated rings. The first-order valence-electron chi connectivity index (χ1n) is 11.2. The van der Waals surface area contributed by atoms with Crippen LogP contribution in [-0.2, 0) is 23.0 Å². The van der Waals surface area contributed by atoms with Crippen LogP contribution in [0.5, 0.6) is 17.2 Å². The molecule has 0 atom stereocenters. The van der Waals surface area contributed by atoms with E-state index < -0.39 is 38.1 Å². The van der Waals surface area contributed by atoms with E-state index in [1.165, 1.54) is 32.5 Å². The topological polar surface area (TPSA) is 78.0 Å². The van der Waals surface area contributed by atoms with Crippen LogP contribution in [0, 0.1) is 17.5 Å². The Morgan fingerprint density at radius 3 is 2.37 bits per heavy atom. The molecule has 0 unspecified atom stereocenters. The molecule has 0 aliphatic carbocycles. The maximum atomic E-state index is 15.2. The van der Waals surface area contributed by atoms with Gasteiger partial charge in [0, 0.05) is 41.8 Å². The third-order valence-corrected chi connectivity index (χ3v) is 8.24. The number of hydrogen-bond donors (Lipinski definition) is 0. The molecule has 0 bridgehead atoms. The van der Waals surface area contributed by atoms with Gasteiger partial charge in [-0.2, -0.15) is 0 Å². The van der Waals surface area contributed by atoms with Gasteiger partial charge < -0.3 is 14.2 Å². The Kier molecular flexibility index (Phi) is 8.42. The molecule has 4 aromatic rings. The Balaban J connectivity index is 1.63. The van der Waals surface area contributed by atoms with Gasteiger partial charge in [-0.1, -0.05) is 18.2 Å². The first-order chi connectivity index (χ1) is 18.2. The Hall–Kier alpha value is -3.77. The minimum atomic E-state index is -4.63. The molecule has 0 aliphatic rings. The van der Waals surface area contributed by atoms with Crippen molar-refractivity contribution in [3.8, 4) is 17.2 Å². The molecule has 1 heterocycles. The lowest BCUT2D eigenvalue weighted by Gasteiger charge is -2.23. The molecule has 7 nitrogen and oxygen atoms in total. The Labute approximate surface area is 222 Å². The average molecular weight is 565 g/mol. The minimum absolute atomic E-state index is 0.0490. The smallest absolute Gasteiger partial charge is 0.269 e. The predicted molar refractivity (Wildman–Crippen MR) is 137 cm³/mol. The molecular weight excluding hydrogens is 541 g/mol. The van der Waals surface area contributed by atoms with Crippen molar-refractivity contribution >= 4 is 26.5 Å². The van der Waals surface area contributed by atoms with Crippen LogP contribution in [-0.4, -0.2) is 34.2 Å². The van der Waals surface area contributed by atoms with E-state index in [4.69, 9.17) is 14.2 Å². The van der Waals surface area contributed by atoms with E-state index in [1.807, 2.05) is 0 Å². The van der Waals surface area contributed by atoms with E-state index in [1.54, 1.807) is 35.7 Å². The lowest BCUT2D eigenvalue weighted by molar-refractivity contribution is 0.300.